The summed E-state index contributed by atoms with van der Waals surface area (Å²) in [7, 11) is 2.07. The van der Waals surface area contributed by atoms with Crippen LogP contribution in [0.2, 0.25) is 0 Å². The lowest BCUT2D eigenvalue weighted by molar-refractivity contribution is -0.131. The minimum absolute atomic E-state index is 0.0639. The molecule has 0 saturated carbocycles. The molecule has 10 heteroatoms. The van der Waals surface area contributed by atoms with Crippen LogP contribution in [0.3, 0.4) is 0 Å². The van der Waals surface area contributed by atoms with Crippen LogP contribution in [0.4, 0.5) is 0 Å². The second kappa shape index (κ2) is 8.40. The summed E-state index contributed by atoms with van der Waals surface area (Å²) in [5.41, 5.74) is 0.903. The Morgan fingerprint density at radius 2 is 2.25 bits per heavy atom. The van der Waals surface area contributed by atoms with E-state index in [1.165, 1.54) is 11.5 Å². The van der Waals surface area contributed by atoms with Gasteiger partial charge in [-0.1, -0.05) is 4.49 Å². The lowest BCUT2D eigenvalue weighted by Crippen LogP contribution is -2.49. The van der Waals surface area contributed by atoms with Crippen molar-refractivity contribution in [3.8, 4) is 0 Å². The molecule has 0 aromatic carbocycles. The number of amides is 2. The molecule has 2 amide bonds. The first-order valence-corrected chi connectivity index (χ1v) is 10.8. The number of carbonyl (C=O) groups excluding carboxylic acids is 2. The smallest absolute Gasteiger partial charge is 0.239 e. The second-order valence-electron chi connectivity index (χ2n) is 8.05. The Kier molecular flexibility index (Phi) is 5.91. The molecule has 0 bridgehead atoms. The highest BCUT2D eigenvalue weighted by Crippen LogP contribution is 2.28. The largest absolute Gasteiger partial charge is 0.391 e. The monoisotopic (exact) mass is 408 g/mol. The average molecular weight is 409 g/mol. The number of likely N-dealkylation sites (N-methyl/N-ethyl adjacent to an activating group) is 1. The first-order chi connectivity index (χ1) is 13.5. The number of hydrogen-bond donors (Lipinski definition) is 2. The van der Waals surface area contributed by atoms with Gasteiger partial charge in [-0.15, -0.1) is 5.10 Å². The van der Waals surface area contributed by atoms with Crippen LogP contribution in [-0.2, 0) is 16.1 Å². The van der Waals surface area contributed by atoms with Gasteiger partial charge >= 0.3 is 0 Å². The van der Waals surface area contributed by atoms with Crippen molar-refractivity contribution in [1.82, 2.24) is 29.6 Å². The van der Waals surface area contributed by atoms with Crippen molar-refractivity contribution in [2.24, 2.45) is 0 Å². The number of hydrogen-bond acceptors (Lipinski definition) is 8. The molecule has 2 N–H and O–H groups in total. The van der Waals surface area contributed by atoms with Gasteiger partial charge in [0.15, 0.2) is 0 Å². The van der Waals surface area contributed by atoms with E-state index in [1.54, 1.807) is 4.90 Å². The van der Waals surface area contributed by atoms with Crippen molar-refractivity contribution < 1.29 is 14.7 Å². The van der Waals surface area contributed by atoms with E-state index in [0.717, 1.165) is 18.7 Å². The summed E-state index contributed by atoms with van der Waals surface area (Å²) in [6.45, 7) is 3.13. The predicted octanol–water partition coefficient (Wildman–Crippen LogP) is -0.715. The molecule has 1 aromatic rings. The van der Waals surface area contributed by atoms with Crippen LogP contribution < -0.4 is 5.32 Å². The number of rotatable bonds is 5. The number of carbonyl (C=O) groups is 2. The van der Waals surface area contributed by atoms with E-state index in [0.29, 0.717) is 45.4 Å². The summed E-state index contributed by atoms with van der Waals surface area (Å²) < 4.78 is 3.91. The van der Waals surface area contributed by atoms with Gasteiger partial charge in [0.1, 0.15) is 6.04 Å². The Labute approximate surface area is 168 Å². The predicted molar refractivity (Wildman–Crippen MR) is 104 cm³/mol. The second-order valence-corrected chi connectivity index (χ2v) is 8.66. The Balaban J connectivity index is 1.37. The van der Waals surface area contributed by atoms with E-state index in [9.17, 15) is 14.7 Å². The minimum Gasteiger partial charge on any atom is -0.391 e. The number of nitrogens with one attached hydrogen (secondary N) is 1. The molecule has 0 unspecified atom stereocenters. The molecule has 3 aliphatic heterocycles. The van der Waals surface area contributed by atoms with Gasteiger partial charge in [-0.3, -0.25) is 19.4 Å². The normalized spacial score (nSPS) is 31.6. The standard InChI is InChI=1S/C18H28N6O3S/c1-22-13(2-3-16(26)23-6-4-14(25)10-23)8-19-18(27)17-15(22)5-7-24(17)9-12-11-28-21-20-12/h11,13-15,17,25H,2-10H2,1H3,(H,19,27)/t13-,14+,15+,17-/m0/s1. The lowest BCUT2D eigenvalue weighted by Gasteiger charge is -2.33. The van der Waals surface area contributed by atoms with Crippen LogP contribution in [0.25, 0.3) is 0 Å². The molecule has 0 radical (unpaired) electrons. The quantitative estimate of drug-likeness (QED) is 0.663. The molecule has 3 aliphatic rings. The van der Waals surface area contributed by atoms with Gasteiger partial charge in [0.05, 0.1) is 11.8 Å². The molecule has 3 saturated heterocycles. The van der Waals surface area contributed by atoms with Gasteiger partial charge in [-0.2, -0.15) is 0 Å². The number of β-amino-alcohol motifs (C(OH)–C–C–N with tert-alkyl or cyclic N) is 1. The molecule has 0 spiro atoms. The molecule has 9 nitrogen and oxygen atoms in total. The lowest BCUT2D eigenvalue weighted by atomic mass is 10.0. The van der Waals surface area contributed by atoms with Crippen LogP contribution in [0, 0.1) is 0 Å². The fourth-order valence-corrected chi connectivity index (χ4v) is 5.15. The molecule has 154 valence electrons. The number of aliphatic hydroxyl groups excluding tert-OH is 1. The Morgan fingerprint density at radius 1 is 1.39 bits per heavy atom. The van der Waals surface area contributed by atoms with E-state index < -0.39 is 0 Å². The maximum Gasteiger partial charge on any atom is 0.239 e. The number of aliphatic hydroxyl groups is 1. The van der Waals surface area contributed by atoms with Gasteiger partial charge in [0, 0.05) is 56.6 Å². The molecule has 1 aromatic heterocycles. The van der Waals surface area contributed by atoms with Gasteiger partial charge in [0.2, 0.25) is 11.8 Å². The zero-order valence-corrected chi connectivity index (χ0v) is 17.0. The van der Waals surface area contributed by atoms with Crippen LogP contribution >= 0.6 is 11.5 Å². The molecular weight excluding hydrogens is 380 g/mol. The average Bonchev–Trinajstić information content (AvgIpc) is 3.41. The molecule has 4 heterocycles. The van der Waals surface area contributed by atoms with Crippen LogP contribution in [0.1, 0.15) is 31.4 Å². The van der Waals surface area contributed by atoms with Gasteiger partial charge in [0.25, 0.3) is 0 Å². The molecular formula is C18H28N6O3S. The highest BCUT2D eigenvalue weighted by molar-refractivity contribution is 7.03. The summed E-state index contributed by atoms with van der Waals surface area (Å²) >= 11 is 1.33. The summed E-state index contributed by atoms with van der Waals surface area (Å²) in [5, 5.41) is 18.8. The van der Waals surface area contributed by atoms with Crippen LogP contribution in [0.5, 0.6) is 0 Å². The molecule has 3 fully saturated rings. The van der Waals surface area contributed by atoms with Gasteiger partial charge in [-0.05, 0) is 37.8 Å². The zero-order valence-electron chi connectivity index (χ0n) is 16.2. The van der Waals surface area contributed by atoms with Gasteiger partial charge in [-0.25, -0.2) is 0 Å². The molecule has 4 atom stereocenters. The molecule has 28 heavy (non-hydrogen) atoms. The highest BCUT2D eigenvalue weighted by atomic mass is 32.1. The minimum atomic E-state index is -0.387. The summed E-state index contributed by atoms with van der Waals surface area (Å²) in [6, 6.07) is 0.0836. The van der Waals surface area contributed by atoms with Crippen molar-refractivity contribution in [3.05, 3.63) is 11.1 Å². The summed E-state index contributed by atoms with van der Waals surface area (Å²) in [4.78, 5) is 31.5. The Morgan fingerprint density at radius 3 is 2.96 bits per heavy atom. The van der Waals surface area contributed by atoms with E-state index in [-0.39, 0.29) is 36.0 Å². The Bertz CT molecular complexity index is 702. The fraction of sp³-hybridized carbons (Fsp3) is 0.778. The maximum atomic E-state index is 12.8. The third-order valence-corrected chi connectivity index (χ3v) is 6.88. The Hall–Kier alpha value is -1.62. The fourth-order valence-electron chi connectivity index (χ4n) is 4.70. The van der Waals surface area contributed by atoms with Crippen molar-refractivity contribution in [2.45, 2.75) is 56.5 Å². The van der Waals surface area contributed by atoms with Crippen LogP contribution in [-0.4, -0.2) is 98.7 Å². The maximum absolute atomic E-state index is 12.8. The van der Waals surface area contributed by atoms with E-state index >= 15 is 0 Å². The topological polar surface area (TPSA) is 102 Å². The SMILES string of the molecule is CN1[C@@H](CCC(=O)N2CC[C@@H](O)C2)CNC(=O)[C@@H]2[C@H]1CCN2Cc1csnn1. The number of likely N-dealkylation sites (tertiary alicyclic amines) is 2. The summed E-state index contributed by atoms with van der Waals surface area (Å²) in [5.74, 6) is 0.162. The van der Waals surface area contributed by atoms with Crippen molar-refractivity contribution >= 4 is 23.3 Å². The van der Waals surface area contributed by atoms with E-state index in [1.807, 2.05) is 5.38 Å². The third kappa shape index (κ3) is 4.05. The van der Waals surface area contributed by atoms with E-state index in [4.69, 9.17) is 0 Å². The highest BCUT2D eigenvalue weighted by Gasteiger charge is 2.45. The van der Waals surface area contributed by atoms with Gasteiger partial charge < -0.3 is 15.3 Å². The zero-order chi connectivity index (χ0) is 19.7. The first kappa shape index (κ1) is 19.7. The number of nitrogens with zero attached hydrogens (tertiary/aromatic N) is 5. The van der Waals surface area contributed by atoms with Crippen LogP contribution in [0.15, 0.2) is 5.38 Å². The molecule has 4 rings (SSSR count). The number of aromatic nitrogens is 2. The van der Waals surface area contributed by atoms with Crippen molar-refractivity contribution in [3.63, 3.8) is 0 Å². The first-order valence-electron chi connectivity index (χ1n) is 9.98. The van der Waals surface area contributed by atoms with Crippen molar-refractivity contribution in [2.75, 3.05) is 33.2 Å². The van der Waals surface area contributed by atoms with Crippen molar-refractivity contribution in [1.29, 1.82) is 0 Å². The van der Waals surface area contributed by atoms with E-state index in [2.05, 4.69) is 31.8 Å². The third-order valence-electron chi connectivity index (χ3n) is 6.33. The number of fused-ring (bicyclic) bond motifs is 1. The molecule has 0 aliphatic carbocycles. The summed E-state index contributed by atoms with van der Waals surface area (Å²) in [6.07, 6.45) is 2.36.